The third-order valence-corrected chi connectivity index (χ3v) is 7.41. The number of carboxylic acids is 1. The number of rotatable bonds is 6. The number of hydrogen-bond donors (Lipinski definition) is 3. The fourth-order valence-corrected chi connectivity index (χ4v) is 5.65. The Balaban J connectivity index is 1.19. The highest BCUT2D eigenvalue weighted by molar-refractivity contribution is 5.84. The lowest BCUT2D eigenvalue weighted by Gasteiger charge is -2.30. The molecular weight excluding hydrogens is 448 g/mol. The second-order valence-electron chi connectivity index (χ2n) is 9.50. The molecular formula is C27H30N2O6. The van der Waals surface area contributed by atoms with Crippen molar-refractivity contribution in [3.8, 4) is 11.1 Å². The Morgan fingerprint density at radius 3 is 2.23 bits per heavy atom. The number of benzene rings is 2. The number of ether oxygens (including phenoxy) is 2. The van der Waals surface area contributed by atoms with Crippen molar-refractivity contribution in [1.29, 1.82) is 0 Å². The second kappa shape index (κ2) is 10.1. The smallest absolute Gasteiger partial charge is 0.407 e. The average Bonchev–Trinajstić information content (AvgIpc) is 3.45. The van der Waals surface area contributed by atoms with Gasteiger partial charge in [-0.1, -0.05) is 61.4 Å². The average molecular weight is 479 g/mol. The van der Waals surface area contributed by atoms with E-state index in [0.717, 1.165) is 35.1 Å². The molecule has 0 aromatic heterocycles. The summed E-state index contributed by atoms with van der Waals surface area (Å²) in [6.45, 7) is 0.520. The van der Waals surface area contributed by atoms with Crippen molar-refractivity contribution in [3.63, 3.8) is 0 Å². The second-order valence-corrected chi connectivity index (χ2v) is 9.50. The van der Waals surface area contributed by atoms with Gasteiger partial charge in [0.2, 0.25) is 0 Å². The molecule has 5 rings (SSSR count). The first-order valence-electron chi connectivity index (χ1n) is 12.3. The van der Waals surface area contributed by atoms with Crippen molar-refractivity contribution in [2.75, 3.05) is 13.2 Å². The highest BCUT2D eigenvalue weighted by Crippen LogP contribution is 2.44. The first-order chi connectivity index (χ1) is 17.0. The van der Waals surface area contributed by atoms with Gasteiger partial charge in [-0.3, -0.25) is 9.59 Å². The lowest BCUT2D eigenvalue weighted by Crippen LogP contribution is -2.53. The van der Waals surface area contributed by atoms with E-state index < -0.39 is 36.2 Å². The van der Waals surface area contributed by atoms with E-state index in [1.807, 2.05) is 24.3 Å². The van der Waals surface area contributed by atoms with E-state index >= 15 is 0 Å². The van der Waals surface area contributed by atoms with Crippen LogP contribution >= 0.6 is 0 Å². The quantitative estimate of drug-likeness (QED) is 0.586. The Morgan fingerprint density at radius 1 is 0.886 bits per heavy atom. The van der Waals surface area contributed by atoms with E-state index in [0.29, 0.717) is 25.9 Å². The lowest BCUT2D eigenvalue weighted by molar-refractivity contribution is -0.144. The number of aliphatic carboxylic acids is 1. The lowest BCUT2D eigenvalue weighted by atomic mass is 9.84. The number of carbonyl (C=O) groups excluding carboxylic acids is 2. The minimum atomic E-state index is -0.893. The van der Waals surface area contributed by atoms with Crippen LogP contribution in [-0.4, -0.2) is 54.5 Å². The summed E-state index contributed by atoms with van der Waals surface area (Å²) in [5.74, 6) is -1.92. The number of carboxylic acid groups (broad SMARTS) is 1. The zero-order valence-corrected chi connectivity index (χ0v) is 19.4. The summed E-state index contributed by atoms with van der Waals surface area (Å²) in [5.41, 5.74) is 4.56. The summed E-state index contributed by atoms with van der Waals surface area (Å²) in [4.78, 5) is 37.1. The monoisotopic (exact) mass is 478 g/mol. The van der Waals surface area contributed by atoms with Crippen LogP contribution in [0.2, 0.25) is 0 Å². The van der Waals surface area contributed by atoms with Gasteiger partial charge in [0, 0.05) is 18.6 Å². The molecule has 0 spiro atoms. The fourth-order valence-electron chi connectivity index (χ4n) is 5.65. The topological polar surface area (TPSA) is 114 Å². The van der Waals surface area contributed by atoms with Crippen LogP contribution in [0.15, 0.2) is 48.5 Å². The molecule has 1 saturated heterocycles. The molecule has 8 heteroatoms. The molecule has 2 amide bonds. The molecule has 1 aliphatic heterocycles. The highest BCUT2D eigenvalue weighted by atomic mass is 16.6. The van der Waals surface area contributed by atoms with Crippen LogP contribution in [0, 0.1) is 5.92 Å². The van der Waals surface area contributed by atoms with E-state index in [9.17, 15) is 19.5 Å². The summed E-state index contributed by atoms with van der Waals surface area (Å²) >= 11 is 0. The number of nitrogens with one attached hydrogen (secondary N) is 2. The van der Waals surface area contributed by atoms with E-state index in [4.69, 9.17) is 9.47 Å². The third kappa shape index (κ3) is 4.75. The van der Waals surface area contributed by atoms with Gasteiger partial charge in [0.25, 0.3) is 5.91 Å². The number of fused-ring (bicyclic) bond motifs is 3. The Labute approximate surface area is 204 Å². The predicted octanol–water partition coefficient (Wildman–Crippen LogP) is 3.44. The van der Waals surface area contributed by atoms with E-state index in [-0.39, 0.29) is 18.4 Å². The number of amides is 2. The van der Waals surface area contributed by atoms with Crippen LogP contribution in [0.5, 0.6) is 0 Å². The van der Waals surface area contributed by atoms with Crippen LogP contribution in [0.25, 0.3) is 11.1 Å². The maximum atomic E-state index is 12.9. The van der Waals surface area contributed by atoms with Crippen molar-refractivity contribution in [2.24, 2.45) is 5.92 Å². The van der Waals surface area contributed by atoms with Crippen molar-refractivity contribution >= 4 is 18.0 Å². The largest absolute Gasteiger partial charge is 0.481 e. The molecule has 0 radical (unpaired) electrons. The number of alkyl carbamates (subject to hydrolysis) is 1. The van der Waals surface area contributed by atoms with Gasteiger partial charge in [-0.05, 0) is 41.5 Å². The number of hydrogen-bond acceptors (Lipinski definition) is 5. The standard InChI is InChI=1S/C27H30N2O6/c30-25(28-22-12-6-5-11-20(22)26(31)32)24-23(13-14-34-24)29-27(33)35-15-21-18-9-3-1-7-16(18)17-8-2-4-10-19(17)21/h1-4,7-10,20-24H,5-6,11-15H2,(H,28,30)(H,29,33)(H,31,32)/t20-,22+,23+,24-/m0/s1. The minimum Gasteiger partial charge on any atom is -0.481 e. The minimum absolute atomic E-state index is 0.0497. The van der Waals surface area contributed by atoms with E-state index in [1.54, 1.807) is 0 Å². The Hall–Kier alpha value is -3.39. The summed E-state index contributed by atoms with van der Waals surface area (Å²) in [7, 11) is 0. The molecule has 184 valence electrons. The van der Waals surface area contributed by atoms with E-state index in [1.165, 1.54) is 0 Å². The molecule has 2 fully saturated rings. The zero-order chi connectivity index (χ0) is 24.4. The van der Waals surface area contributed by atoms with Crippen molar-refractivity contribution in [1.82, 2.24) is 10.6 Å². The van der Waals surface area contributed by atoms with Gasteiger partial charge in [-0.25, -0.2) is 4.79 Å². The normalized spacial score (nSPS) is 25.4. The molecule has 0 unspecified atom stereocenters. The van der Waals surface area contributed by atoms with Gasteiger partial charge in [0.05, 0.1) is 12.0 Å². The molecule has 2 aromatic rings. The summed E-state index contributed by atoms with van der Waals surface area (Å²) in [6, 6.07) is 15.3. The van der Waals surface area contributed by atoms with Gasteiger partial charge in [-0.2, -0.15) is 0 Å². The molecule has 0 bridgehead atoms. The molecule has 1 saturated carbocycles. The number of carbonyl (C=O) groups is 3. The van der Waals surface area contributed by atoms with Crippen molar-refractivity contribution < 1.29 is 29.0 Å². The SMILES string of the molecule is O=C(N[C@@H]1CCO[C@@H]1C(=O)N[C@@H]1CCCC[C@@H]1C(=O)O)OCC1c2ccccc2-c2ccccc21. The maximum absolute atomic E-state index is 12.9. The molecule has 35 heavy (non-hydrogen) atoms. The van der Waals surface area contributed by atoms with Gasteiger partial charge < -0.3 is 25.2 Å². The molecule has 3 N–H and O–H groups in total. The van der Waals surface area contributed by atoms with Crippen molar-refractivity contribution in [2.45, 2.75) is 56.2 Å². The van der Waals surface area contributed by atoms with E-state index in [2.05, 4.69) is 34.9 Å². The first kappa shape index (κ1) is 23.4. The van der Waals surface area contributed by atoms with Gasteiger partial charge in [0.1, 0.15) is 6.61 Å². The summed E-state index contributed by atoms with van der Waals surface area (Å²) < 4.78 is 11.2. The van der Waals surface area contributed by atoms with Crippen LogP contribution in [0.1, 0.15) is 49.1 Å². The molecule has 2 aromatic carbocycles. The predicted molar refractivity (Wildman–Crippen MR) is 128 cm³/mol. The zero-order valence-electron chi connectivity index (χ0n) is 19.4. The molecule has 1 heterocycles. The summed E-state index contributed by atoms with van der Waals surface area (Å²) in [5, 5.41) is 15.1. The van der Waals surface area contributed by atoms with Crippen LogP contribution in [0.3, 0.4) is 0 Å². The van der Waals surface area contributed by atoms with Crippen LogP contribution < -0.4 is 10.6 Å². The van der Waals surface area contributed by atoms with Gasteiger partial charge >= 0.3 is 12.1 Å². The Kier molecular flexibility index (Phi) is 6.72. The first-order valence-corrected chi connectivity index (χ1v) is 12.3. The highest BCUT2D eigenvalue weighted by Gasteiger charge is 2.39. The maximum Gasteiger partial charge on any atom is 0.407 e. The van der Waals surface area contributed by atoms with Crippen LogP contribution in [-0.2, 0) is 19.1 Å². The molecule has 3 aliphatic rings. The molecule has 8 nitrogen and oxygen atoms in total. The molecule has 2 aliphatic carbocycles. The Morgan fingerprint density at radius 2 is 1.54 bits per heavy atom. The fraction of sp³-hybridized carbons (Fsp3) is 0.444. The van der Waals surface area contributed by atoms with Crippen LogP contribution in [0.4, 0.5) is 4.79 Å². The Bertz CT molecular complexity index is 1070. The summed E-state index contributed by atoms with van der Waals surface area (Å²) in [6.07, 6.45) is 1.91. The molecule has 4 atom stereocenters. The van der Waals surface area contributed by atoms with Gasteiger partial charge in [-0.15, -0.1) is 0 Å². The third-order valence-electron chi connectivity index (χ3n) is 7.41. The van der Waals surface area contributed by atoms with Crippen molar-refractivity contribution in [3.05, 3.63) is 59.7 Å². The van der Waals surface area contributed by atoms with Gasteiger partial charge in [0.15, 0.2) is 6.10 Å².